The molecule has 4 rings (SSSR count). The van der Waals surface area contributed by atoms with Crippen molar-refractivity contribution in [1.82, 2.24) is 19.7 Å². The van der Waals surface area contributed by atoms with Gasteiger partial charge in [0.1, 0.15) is 0 Å². The molecular formula is C21H24N4O3S3. The number of carbonyl (C=O) groups excluding carboxylic acids is 1. The largest absolute Gasteiger partial charge is 0.338 e. The fourth-order valence-electron chi connectivity index (χ4n) is 3.76. The highest BCUT2D eigenvalue weighted by molar-refractivity contribution is 7.99. The summed E-state index contributed by atoms with van der Waals surface area (Å²) in [4.78, 5) is 15.6. The van der Waals surface area contributed by atoms with Crippen LogP contribution in [0.5, 0.6) is 0 Å². The molecule has 0 bridgehead atoms. The maximum Gasteiger partial charge on any atom is 0.233 e. The first kappa shape index (κ1) is 22.0. The monoisotopic (exact) mass is 476 g/mol. The highest BCUT2D eigenvalue weighted by atomic mass is 32.2. The molecule has 1 aromatic carbocycles. The molecule has 31 heavy (non-hydrogen) atoms. The second kappa shape index (κ2) is 9.54. The van der Waals surface area contributed by atoms with E-state index in [0.29, 0.717) is 24.7 Å². The molecule has 1 fully saturated rings. The highest BCUT2D eigenvalue weighted by Crippen LogP contribution is 2.28. The van der Waals surface area contributed by atoms with Gasteiger partial charge in [0.05, 0.1) is 28.7 Å². The van der Waals surface area contributed by atoms with Gasteiger partial charge >= 0.3 is 0 Å². The normalized spacial score (nSPS) is 17.6. The van der Waals surface area contributed by atoms with Crippen LogP contribution >= 0.6 is 23.1 Å². The predicted octanol–water partition coefficient (Wildman–Crippen LogP) is 3.18. The fourth-order valence-corrected chi connectivity index (χ4v) is 7.03. The van der Waals surface area contributed by atoms with Gasteiger partial charge in [0, 0.05) is 12.6 Å². The zero-order valence-electron chi connectivity index (χ0n) is 17.2. The summed E-state index contributed by atoms with van der Waals surface area (Å²) >= 11 is 2.95. The lowest BCUT2D eigenvalue weighted by Gasteiger charge is -2.26. The van der Waals surface area contributed by atoms with Crippen LogP contribution in [-0.2, 0) is 21.2 Å². The molecule has 0 unspecified atom stereocenters. The van der Waals surface area contributed by atoms with E-state index < -0.39 is 9.84 Å². The summed E-state index contributed by atoms with van der Waals surface area (Å²) in [6, 6.07) is 13.8. The molecule has 3 heterocycles. The average Bonchev–Trinajstić information content (AvgIpc) is 3.48. The molecule has 1 aliphatic rings. The van der Waals surface area contributed by atoms with Crippen molar-refractivity contribution in [2.24, 2.45) is 0 Å². The summed E-state index contributed by atoms with van der Waals surface area (Å²) in [7, 11) is -3.04. The van der Waals surface area contributed by atoms with Gasteiger partial charge in [-0.2, -0.15) is 0 Å². The average molecular weight is 477 g/mol. The molecule has 7 nitrogen and oxygen atoms in total. The highest BCUT2D eigenvalue weighted by Gasteiger charge is 2.34. The number of aromatic nitrogens is 3. The molecule has 0 radical (unpaired) electrons. The van der Waals surface area contributed by atoms with Gasteiger partial charge in [-0.3, -0.25) is 9.36 Å². The standard InChI is InChI=1S/C21H24N4O3S3/c1-2-24(17-10-12-31(27,28)15-17)19(26)14-30-21-23-22-20(18-9-6-11-29-18)25(21)13-16-7-4-3-5-8-16/h3-9,11,17H,2,10,12-15H2,1H3/t17-/m1/s1. The number of rotatable bonds is 8. The zero-order valence-corrected chi connectivity index (χ0v) is 19.6. The number of hydrogen-bond acceptors (Lipinski definition) is 7. The molecule has 164 valence electrons. The number of carbonyl (C=O) groups is 1. The molecule has 1 atom stereocenters. The number of sulfone groups is 1. The Morgan fingerprint density at radius 2 is 2.03 bits per heavy atom. The van der Waals surface area contributed by atoms with Crippen molar-refractivity contribution in [3.05, 3.63) is 53.4 Å². The van der Waals surface area contributed by atoms with Crippen LogP contribution in [0.4, 0.5) is 0 Å². The molecule has 0 spiro atoms. The molecular weight excluding hydrogens is 452 g/mol. The van der Waals surface area contributed by atoms with Crippen LogP contribution in [0.1, 0.15) is 18.9 Å². The second-order valence-corrected chi connectivity index (χ2v) is 11.5. The summed E-state index contributed by atoms with van der Waals surface area (Å²) in [5, 5.41) is 11.4. The van der Waals surface area contributed by atoms with Crippen molar-refractivity contribution >= 4 is 38.8 Å². The number of nitrogens with zero attached hydrogens (tertiary/aromatic N) is 4. The van der Waals surface area contributed by atoms with Gasteiger partial charge < -0.3 is 4.90 Å². The fraction of sp³-hybridized carbons (Fsp3) is 0.381. The smallest absolute Gasteiger partial charge is 0.233 e. The Balaban J connectivity index is 1.52. The van der Waals surface area contributed by atoms with Gasteiger partial charge in [-0.15, -0.1) is 21.5 Å². The maximum absolute atomic E-state index is 12.9. The van der Waals surface area contributed by atoms with Crippen molar-refractivity contribution in [1.29, 1.82) is 0 Å². The van der Waals surface area contributed by atoms with Gasteiger partial charge in [0.15, 0.2) is 20.8 Å². The lowest BCUT2D eigenvalue weighted by atomic mass is 10.2. The summed E-state index contributed by atoms with van der Waals surface area (Å²) in [6.07, 6.45) is 0.513. The Bertz CT molecular complexity index is 1130. The van der Waals surface area contributed by atoms with Crippen molar-refractivity contribution in [2.45, 2.75) is 31.1 Å². The van der Waals surface area contributed by atoms with Crippen LogP contribution < -0.4 is 0 Å². The van der Waals surface area contributed by atoms with Crippen molar-refractivity contribution in [3.63, 3.8) is 0 Å². The third kappa shape index (κ3) is 5.19. The van der Waals surface area contributed by atoms with Crippen LogP contribution in [0.25, 0.3) is 10.7 Å². The maximum atomic E-state index is 12.9. The minimum absolute atomic E-state index is 0.0595. The zero-order chi connectivity index (χ0) is 21.8. The van der Waals surface area contributed by atoms with Crippen LogP contribution in [0, 0.1) is 0 Å². The molecule has 0 N–H and O–H groups in total. The quantitative estimate of drug-likeness (QED) is 0.464. The Labute approximate surface area is 190 Å². The van der Waals surface area contributed by atoms with Crippen LogP contribution in [0.3, 0.4) is 0 Å². The van der Waals surface area contributed by atoms with Crippen molar-refractivity contribution in [3.8, 4) is 10.7 Å². The summed E-state index contributed by atoms with van der Waals surface area (Å²) < 4.78 is 25.7. The van der Waals surface area contributed by atoms with E-state index in [1.807, 2.05) is 47.2 Å². The predicted molar refractivity (Wildman–Crippen MR) is 124 cm³/mol. The van der Waals surface area contributed by atoms with E-state index in [1.165, 1.54) is 11.8 Å². The molecule has 3 aromatic rings. The molecule has 0 saturated carbocycles. The van der Waals surface area contributed by atoms with Crippen LogP contribution in [0.15, 0.2) is 53.0 Å². The first-order chi connectivity index (χ1) is 15.0. The molecule has 0 aliphatic carbocycles. The minimum atomic E-state index is -3.04. The lowest BCUT2D eigenvalue weighted by molar-refractivity contribution is -0.129. The molecule has 10 heteroatoms. The number of benzene rings is 1. The molecule has 1 aliphatic heterocycles. The molecule has 1 amide bonds. The van der Waals surface area contributed by atoms with E-state index >= 15 is 0 Å². The lowest BCUT2D eigenvalue weighted by Crippen LogP contribution is -2.42. The third-order valence-electron chi connectivity index (χ3n) is 5.28. The Hall–Kier alpha value is -2.17. The van der Waals surface area contributed by atoms with E-state index in [4.69, 9.17) is 0 Å². The van der Waals surface area contributed by atoms with Gasteiger partial charge in [-0.1, -0.05) is 48.2 Å². The molecule has 2 aromatic heterocycles. The number of amides is 1. The number of thiophene rings is 1. The third-order valence-corrected chi connectivity index (χ3v) is 8.84. The van der Waals surface area contributed by atoms with E-state index in [1.54, 1.807) is 16.2 Å². The minimum Gasteiger partial charge on any atom is -0.338 e. The summed E-state index contributed by atoms with van der Waals surface area (Å²) in [6.45, 7) is 2.99. The van der Waals surface area contributed by atoms with Crippen molar-refractivity contribution in [2.75, 3.05) is 23.8 Å². The first-order valence-electron chi connectivity index (χ1n) is 10.1. The number of hydrogen-bond donors (Lipinski definition) is 0. The van der Waals surface area contributed by atoms with Gasteiger partial charge in [-0.25, -0.2) is 8.42 Å². The van der Waals surface area contributed by atoms with E-state index in [0.717, 1.165) is 16.3 Å². The SMILES string of the molecule is CCN(C(=O)CSc1nnc(-c2cccs2)n1Cc1ccccc1)[C@@H]1CCS(=O)(=O)C1. The Morgan fingerprint density at radius 3 is 2.68 bits per heavy atom. The van der Waals surface area contributed by atoms with Crippen LogP contribution in [-0.4, -0.2) is 63.8 Å². The molecule has 1 saturated heterocycles. The van der Waals surface area contributed by atoms with Gasteiger partial charge in [-0.05, 0) is 30.4 Å². The van der Waals surface area contributed by atoms with Gasteiger partial charge in [0.25, 0.3) is 0 Å². The van der Waals surface area contributed by atoms with E-state index in [-0.39, 0.29) is 29.2 Å². The Kier molecular flexibility index (Phi) is 6.78. The first-order valence-corrected chi connectivity index (χ1v) is 13.8. The summed E-state index contributed by atoms with van der Waals surface area (Å²) in [5.41, 5.74) is 1.12. The number of thioether (sulfide) groups is 1. The topological polar surface area (TPSA) is 85.2 Å². The van der Waals surface area contributed by atoms with E-state index in [2.05, 4.69) is 22.3 Å². The second-order valence-electron chi connectivity index (χ2n) is 7.38. The van der Waals surface area contributed by atoms with E-state index in [9.17, 15) is 13.2 Å². The summed E-state index contributed by atoms with van der Waals surface area (Å²) in [5.74, 6) is 1.13. The van der Waals surface area contributed by atoms with Crippen LogP contribution in [0.2, 0.25) is 0 Å². The van der Waals surface area contributed by atoms with Gasteiger partial charge in [0.2, 0.25) is 5.91 Å². The Morgan fingerprint density at radius 1 is 1.23 bits per heavy atom. The van der Waals surface area contributed by atoms with Crippen molar-refractivity contribution < 1.29 is 13.2 Å².